The van der Waals surface area contributed by atoms with E-state index in [9.17, 15) is 13.2 Å². The summed E-state index contributed by atoms with van der Waals surface area (Å²) >= 11 is 0. The SMILES string of the molecule is C#CC[N+](C)(C)CC=C.O=C([O-])C(F)(F)F. The molecule has 0 amide bonds. The number of alkyl halides is 3. The highest BCUT2D eigenvalue weighted by Crippen LogP contribution is 2.11. The molecule has 0 atom stereocenters. The van der Waals surface area contributed by atoms with Crippen molar-refractivity contribution < 1.29 is 27.6 Å². The van der Waals surface area contributed by atoms with E-state index in [1.807, 2.05) is 6.08 Å². The number of nitrogens with zero attached hydrogens (tertiary/aromatic N) is 1. The van der Waals surface area contributed by atoms with Gasteiger partial charge in [-0.3, -0.25) is 0 Å². The van der Waals surface area contributed by atoms with Crippen molar-refractivity contribution in [1.82, 2.24) is 0 Å². The Morgan fingerprint density at radius 1 is 1.56 bits per heavy atom. The van der Waals surface area contributed by atoms with Crippen molar-refractivity contribution in [3.8, 4) is 12.3 Å². The summed E-state index contributed by atoms with van der Waals surface area (Å²) in [6.45, 7) is 5.35. The molecule has 16 heavy (non-hydrogen) atoms. The summed E-state index contributed by atoms with van der Waals surface area (Å²) in [5.74, 6) is -0.390. The lowest BCUT2D eigenvalue weighted by molar-refractivity contribution is -0.877. The monoisotopic (exact) mass is 237 g/mol. The van der Waals surface area contributed by atoms with Crippen LogP contribution in [-0.2, 0) is 4.79 Å². The van der Waals surface area contributed by atoms with Gasteiger partial charge in [-0.25, -0.2) is 0 Å². The van der Waals surface area contributed by atoms with Gasteiger partial charge in [-0.2, -0.15) is 13.2 Å². The average molecular weight is 237 g/mol. The molecule has 0 aliphatic heterocycles. The number of carbonyl (C=O) groups excluding carboxylic acids is 1. The number of carbonyl (C=O) groups is 1. The molecule has 0 aromatic carbocycles. The molecule has 0 aliphatic rings. The third-order valence-electron chi connectivity index (χ3n) is 1.37. The van der Waals surface area contributed by atoms with Gasteiger partial charge in [0, 0.05) is 0 Å². The molecule has 0 fully saturated rings. The number of hydrogen-bond acceptors (Lipinski definition) is 2. The van der Waals surface area contributed by atoms with Crippen LogP contribution >= 0.6 is 0 Å². The van der Waals surface area contributed by atoms with Crippen LogP contribution in [0.3, 0.4) is 0 Å². The van der Waals surface area contributed by atoms with Gasteiger partial charge in [-0.05, 0) is 12.0 Å². The first-order valence-corrected chi connectivity index (χ1v) is 4.21. The summed E-state index contributed by atoms with van der Waals surface area (Å²) in [5.41, 5.74) is 0. The van der Waals surface area contributed by atoms with Gasteiger partial charge in [0.25, 0.3) is 0 Å². The highest BCUT2D eigenvalue weighted by molar-refractivity contribution is 5.70. The van der Waals surface area contributed by atoms with E-state index in [0.29, 0.717) is 0 Å². The molecule has 0 bridgehead atoms. The van der Waals surface area contributed by atoms with Crippen LogP contribution in [0.1, 0.15) is 0 Å². The molecule has 0 radical (unpaired) electrons. The van der Waals surface area contributed by atoms with Crippen LogP contribution in [-0.4, -0.2) is 43.8 Å². The van der Waals surface area contributed by atoms with Crippen molar-refractivity contribution in [1.29, 1.82) is 0 Å². The number of halogens is 3. The molecule has 0 rings (SSSR count). The number of rotatable bonds is 3. The Labute approximate surface area is 92.8 Å². The van der Waals surface area contributed by atoms with Crippen LogP contribution in [0.2, 0.25) is 0 Å². The summed E-state index contributed by atoms with van der Waals surface area (Å²) in [5, 5.41) is 8.78. The van der Waals surface area contributed by atoms with Crippen molar-refractivity contribution >= 4 is 5.97 Å². The minimum absolute atomic E-state index is 0.770. The first-order valence-electron chi connectivity index (χ1n) is 4.21. The lowest BCUT2D eigenvalue weighted by atomic mass is 10.4. The van der Waals surface area contributed by atoms with Gasteiger partial charge in [0.05, 0.1) is 20.6 Å². The van der Waals surface area contributed by atoms with E-state index in [-0.39, 0.29) is 0 Å². The molecule has 0 saturated carbocycles. The maximum atomic E-state index is 10.5. The van der Waals surface area contributed by atoms with Gasteiger partial charge < -0.3 is 14.4 Å². The second kappa shape index (κ2) is 6.90. The van der Waals surface area contributed by atoms with Gasteiger partial charge in [-0.1, -0.05) is 6.58 Å². The lowest BCUT2D eigenvalue weighted by Crippen LogP contribution is -2.39. The van der Waals surface area contributed by atoms with Crippen molar-refractivity contribution in [2.75, 3.05) is 27.2 Å². The molecule has 0 heterocycles. The maximum Gasteiger partial charge on any atom is 0.430 e. The quantitative estimate of drug-likeness (QED) is 0.399. The van der Waals surface area contributed by atoms with E-state index >= 15 is 0 Å². The van der Waals surface area contributed by atoms with Crippen LogP contribution in [0.5, 0.6) is 0 Å². The van der Waals surface area contributed by atoms with Crippen LogP contribution in [0, 0.1) is 12.3 Å². The molecular formula is C10H14F3NO2. The van der Waals surface area contributed by atoms with Crippen LogP contribution in [0.25, 0.3) is 0 Å². The van der Waals surface area contributed by atoms with Gasteiger partial charge >= 0.3 is 6.18 Å². The largest absolute Gasteiger partial charge is 0.542 e. The number of hydrogen-bond donors (Lipinski definition) is 0. The lowest BCUT2D eigenvalue weighted by Gasteiger charge is -2.25. The normalized spacial score (nSPS) is 10.8. The van der Waals surface area contributed by atoms with E-state index in [0.717, 1.165) is 17.6 Å². The molecule has 0 aromatic heterocycles. The highest BCUT2D eigenvalue weighted by Gasteiger charge is 2.28. The minimum Gasteiger partial charge on any atom is -0.542 e. The fraction of sp³-hybridized carbons (Fsp3) is 0.500. The molecule has 0 spiro atoms. The molecule has 0 aromatic rings. The zero-order valence-corrected chi connectivity index (χ0v) is 9.17. The Balaban J connectivity index is 0. The Bertz CT molecular complexity index is 277. The molecule has 92 valence electrons. The van der Waals surface area contributed by atoms with Crippen molar-refractivity contribution in [3.05, 3.63) is 12.7 Å². The zero-order valence-electron chi connectivity index (χ0n) is 9.17. The number of carboxylic acids is 1. The van der Waals surface area contributed by atoms with Gasteiger partial charge in [0.2, 0.25) is 0 Å². The number of aliphatic carboxylic acids is 1. The predicted molar refractivity (Wildman–Crippen MR) is 51.9 cm³/mol. The minimum atomic E-state index is -5.19. The molecule has 6 heteroatoms. The Morgan fingerprint density at radius 3 is 2.12 bits per heavy atom. The summed E-state index contributed by atoms with van der Waals surface area (Å²) < 4.78 is 32.4. The molecular weight excluding hydrogens is 223 g/mol. The Morgan fingerprint density at radius 2 is 1.94 bits per heavy atom. The smallest absolute Gasteiger partial charge is 0.430 e. The zero-order chi connectivity index (χ0) is 13.4. The third-order valence-corrected chi connectivity index (χ3v) is 1.37. The molecule has 0 N–H and O–H groups in total. The van der Waals surface area contributed by atoms with Crippen molar-refractivity contribution in [2.45, 2.75) is 6.18 Å². The summed E-state index contributed by atoms with van der Waals surface area (Å²) in [7, 11) is 4.17. The molecule has 0 saturated heterocycles. The topological polar surface area (TPSA) is 40.1 Å². The van der Waals surface area contributed by atoms with Crippen LogP contribution < -0.4 is 5.11 Å². The van der Waals surface area contributed by atoms with Gasteiger partial charge in [0.15, 0.2) is 0 Å². The predicted octanol–water partition coefficient (Wildman–Crippen LogP) is 0.181. The summed E-state index contributed by atoms with van der Waals surface area (Å²) in [6, 6.07) is 0. The Hall–Kier alpha value is -1.48. The second-order valence-electron chi connectivity index (χ2n) is 3.55. The van der Waals surface area contributed by atoms with Crippen LogP contribution in [0.15, 0.2) is 12.7 Å². The standard InChI is InChI=1S/C8H14N.C2HF3O2/c1-5-7-9(3,4)8-6-2;3-2(4,5)1(6)7/h1,6H,2,7-8H2,3-4H3;(H,6,7)/q+1;/p-1. The van der Waals surface area contributed by atoms with E-state index in [4.69, 9.17) is 16.3 Å². The fourth-order valence-corrected chi connectivity index (χ4v) is 0.661. The van der Waals surface area contributed by atoms with Crippen molar-refractivity contribution in [3.63, 3.8) is 0 Å². The molecule has 0 aliphatic carbocycles. The van der Waals surface area contributed by atoms with E-state index in [2.05, 4.69) is 26.6 Å². The van der Waals surface area contributed by atoms with Gasteiger partial charge in [0.1, 0.15) is 12.5 Å². The first kappa shape index (κ1) is 16.9. The van der Waals surface area contributed by atoms with Gasteiger partial charge in [-0.15, -0.1) is 6.42 Å². The Kier molecular flexibility index (Phi) is 7.31. The average Bonchev–Trinajstić information content (AvgIpc) is 2.02. The number of quaternary nitrogens is 1. The van der Waals surface area contributed by atoms with E-state index in [1.165, 1.54) is 0 Å². The second-order valence-corrected chi connectivity index (χ2v) is 3.55. The number of terminal acetylenes is 1. The fourth-order valence-electron chi connectivity index (χ4n) is 0.661. The first-order chi connectivity index (χ1) is 7.06. The van der Waals surface area contributed by atoms with E-state index < -0.39 is 12.1 Å². The summed E-state index contributed by atoms with van der Waals surface area (Å²) in [4.78, 5) is 8.78. The number of likely N-dealkylation sites (N-methyl/N-ethyl adjacent to an activating group) is 1. The third kappa shape index (κ3) is 10.6. The number of carboxylic acid groups (broad SMARTS) is 1. The summed E-state index contributed by atoms with van der Waals surface area (Å²) in [6.07, 6.45) is 1.84. The van der Waals surface area contributed by atoms with Crippen molar-refractivity contribution in [2.24, 2.45) is 0 Å². The van der Waals surface area contributed by atoms with E-state index in [1.54, 1.807) is 0 Å². The van der Waals surface area contributed by atoms with Crippen LogP contribution in [0.4, 0.5) is 13.2 Å². The molecule has 3 nitrogen and oxygen atoms in total. The highest BCUT2D eigenvalue weighted by atomic mass is 19.4. The maximum absolute atomic E-state index is 10.5. The molecule has 0 unspecified atom stereocenters.